The Morgan fingerprint density at radius 3 is 2.65 bits per heavy atom. The van der Waals surface area contributed by atoms with E-state index in [1.165, 1.54) is 6.20 Å². The van der Waals surface area contributed by atoms with Gasteiger partial charge in [0.25, 0.3) is 5.91 Å². The Labute approximate surface area is 124 Å². The van der Waals surface area contributed by atoms with Gasteiger partial charge in [-0.1, -0.05) is 35.3 Å². The Morgan fingerprint density at radius 1 is 1.10 bits per heavy atom. The second-order valence-corrected chi connectivity index (χ2v) is 4.96. The average molecular weight is 306 g/mol. The summed E-state index contributed by atoms with van der Waals surface area (Å²) < 4.78 is 1.56. The number of nitrogens with zero attached hydrogens (tertiary/aromatic N) is 2. The first-order valence-electron chi connectivity index (χ1n) is 5.84. The number of nitrogens with one attached hydrogen (secondary N) is 1. The first-order chi connectivity index (χ1) is 9.66. The van der Waals surface area contributed by atoms with Crippen molar-refractivity contribution < 1.29 is 4.79 Å². The lowest BCUT2D eigenvalue weighted by molar-refractivity contribution is 0.102. The van der Waals surface area contributed by atoms with E-state index in [0.717, 1.165) is 0 Å². The molecule has 3 aromatic rings. The standard InChI is InChI=1S/C14H9Cl2N3O/c15-10-4-1-2-6-12(10)18-14(20)9-8-17-19-7-3-5-11(16)13(9)19/h1-8H,(H,18,20). The lowest BCUT2D eigenvalue weighted by atomic mass is 10.2. The molecular weight excluding hydrogens is 297 g/mol. The van der Waals surface area contributed by atoms with Gasteiger partial charge < -0.3 is 5.32 Å². The molecule has 100 valence electrons. The summed E-state index contributed by atoms with van der Waals surface area (Å²) in [6, 6.07) is 10.5. The van der Waals surface area contributed by atoms with Gasteiger partial charge in [0.1, 0.15) is 0 Å². The second kappa shape index (κ2) is 5.15. The molecule has 2 aromatic heterocycles. The monoisotopic (exact) mass is 305 g/mol. The highest BCUT2D eigenvalue weighted by atomic mass is 35.5. The third kappa shape index (κ3) is 2.24. The number of para-hydroxylation sites is 1. The molecule has 0 bridgehead atoms. The first-order valence-corrected chi connectivity index (χ1v) is 6.60. The highest BCUT2D eigenvalue weighted by Gasteiger charge is 2.15. The van der Waals surface area contributed by atoms with E-state index >= 15 is 0 Å². The van der Waals surface area contributed by atoms with Crippen molar-refractivity contribution in [3.8, 4) is 0 Å². The average Bonchev–Trinajstić information content (AvgIpc) is 2.87. The summed E-state index contributed by atoms with van der Waals surface area (Å²) in [5.74, 6) is -0.304. The van der Waals surface area contributed by atoms with E-state index < -0.39 is 0 Å². The molecule has 20 heavy (non-hydrogen) atoms. The van der Waals surface area contributed by atoms with Gasteiger partial charge in [-0.15, -0.1) is 0 Å². The number of halogens is 2. The van der Waals surface area contributed by atoms with Gasteiger partial charge in [-0.25, -0.2) is 4.52 Å². The molecule has 1 N–H and O–H groups in total. The van der Waals surface area contributed by atoms with Crippen molar-refractivity contribution in [1.82, 2.24) is 9.61 Å². The van der Waals surface area contributed by atoms with Crippen molar-refractivity contribution in [3.63, 3.8) is 0 Å². The molecule has 0 spiro atoms. The number of fused-ring (bicyclic) bond motifs is 1. The largest absolute Gasteiger partial charge is 0.321 e. The lowest BCUT2D eigenvalue weighted by Crippen LogP contribution is -2.12. The molecule has 0 radical (unpaired) electrons. The number of pyridine rings is 1. The van der Waals surface area contributed by atoms with Crippen molar-refractivity contribution in [1.29, 1.82) is 0 Å². The number of hydrogen-bond acceptors (Lipinski definition) is 2. The van der Waals surface area contributed by atoms with Crippen LogP contribution < -0.4 is 5.32 Å². The Hall–Kier alpha value is -2.04. The van der Waals surface area contributed by atoms with Gasteiger partial charge in [0, 0.05) is 6.20 Å². The summed E-state index contributed by atoms with van der Waals surface area (Å²) in [6.45, 7) is 0. The topological polar surface area (TPSA) is 46.4 Å². The van der Waals surface area contributed by atoms with Crippen LogP contribution in [-0.2, 0) is 0 Å². The molecule has 1 aromatic carbocycles. The number of anilines is 1. The highest BCUT2D eigenvalue weighted by Crippen LogP contribution is 2.24. The zero-order chi connectivity index (χ0) is 14.1. The predicted octanol–water partition coefficient (Wildman–Crippen LogP) is 3.89. The first kappa shape index (κ1) is 13.0. The Balaban J connectivity index is 2.00. The molecule has 0 saturated heterocycles. The third-order valence-electron chi connectivity index (χ3n) is 2.86. The van der Waals surface area contributed by atoms with Crippen LogP contribution in [0.3, 0.4) is 0 Å². The van der Waals surface area contributed by atoms with E-state index in [4.69, 9.17) is 23.2 Å². The van der Waals surface area contributed by atoms with Crippen LogP contribution in [0.25, 0.3) is 5.52 Å². The number of carbonyl (C=O) groups is 1. The van der Waals surface area contributed by atoms with Gasteiger partial charge in [0.2, 0.25) is 0 Å². The minimum Gasteiger partial charge on any atom is -0.321 e. The van der Waals surface area contributed by atoms with E-state index in [-0.39, 0.29) is 5.91 Å². The summed E-state index contributed by atoms with van der Waals surface area (Å²) in [6.07, 6.45) is 3.21. The summed E-state index contributed by atoms with van der Waals surface area (Å²) >= 11 is 12.1. The molecule has 3 rings (SSSR count). The van der Waals surface area contributed by atoms with Crippen LogP contribution in [0, 0.1) is 0 Å². The normalized spacial score (nSPS) is 10.7. The molecule has 0 fully saturated rings. The SMILES string of the molecule is O=C(Nc1ccccc1Cl)c1cnn2cccc(Cl)c12. The highest BCUT2D eigenvalue weighted by molar-refractivity contribution is 6.35. The number of hydrogen-bond donors (Lipinski definition) is 1. The molecule has 0 aliphatic rings. The molecule has 2 heterocycles. The zero-order valence-electron chi connectivity index (χ0n) is 10.2. The number of rotatable bonds is 2. The number of carbonyl (C=O) groups excluding carboxylic acids is 1. The van der Waals surface area contributed by atoms with Crippen molar-refractivity contribution in [3.05, 3.63) is 64.4 Å². The zero-order valence-corrected chi connectivity index (χ0v) is 11.7. The van der Waals surface area contributed by atoms with Crippen LogP contribution in [0.1, 0.15) is 10.4 Å². The Morgan fingerprint density at radius 2 is 1.85 bits per heavy atom. The van der Waals surface area contributed by atoms with Crippen molar-refractivity contribution >= 4 is 40.3 Å². The summed E-state index contributed by atoms with van der Waals surface area (Å²) in [5.41, 5.74) is 1.51. The smallest absolute Gasteiger partial charge is 0.259 e. The molecule has 0 unspecified atom stereocenters. The fourth-order valence-corrected chi connectivity index (χ4v) is 2.36. The van der Waals surface area contributed by atoms with E-state index in [0.29, 0.717) is 26.8 Å². The number of benzene rings is 1. The van der Waals surface area contributed by atoms with Crippen LogP contribution in [0.15, 0.2) is 48.8 Å². The third-order valence-corrected chi connectivity index (χ3v) is 3.49. The predicted molar refractivity (Wildman–Crippen MR) is 79.6 cm³/mol. The summed E-state index contributed by atoms with van der Waals surface area (Å²) in [7, 11) is 0. The molecule has 0 aliphatic carbocycles. The maximum atomic E-state index is 12.3. The minimum absolute atomic E-state index is 0.304. The molecule has 0 saturated carbocycles. The fraction of sp³-hybridized carbons (Fsp3) is 0. The van der Waals surface area contributed by atoms with Crippen molar-refractivity contribution in [2.24, 2.45) is 0 Å². The number of amides is 1. The van der Waals surface area contributed by atoms with Gasteiger partial charge in [0.05, 0.1) is 33.0 Å². The van der Waals surface area contributed by atoms with Gasteiger partial charge in [0.15, 0.2) is 0 Å². The maximum Gasteiger partial charge on any atom is 0.259 e. The molecule has 1 amide bonds. The van der Waals surface area contributed by atoms with Gasteiger partial charge in [-0.2, -0.15) is 5.10 Å². The van der Waals surface area contributed by atoms with Crippen molar-refractivity contribution in [2.75, 3.05) is 5.32 Å². The molecule has 0 aliphatic heterocycles. The van der Waals surface area contributed by atoms with Crippen LogP contribution in [-0.4, -0.2) is 15.5 Å². The molecule has 4 nitrogen and oxygen atoms in total. The van der Waals surface area contributed by atoms with Gasteiger partial charge in [-0.05, 0) is 24.3 Å². The lowest BCUT2D eigenvalue weighted by Gasteiger charge is -2.06. The van der Waals surface area contributed by atoms with E-state index in [9.17, 15) is 4.79 Å². The molecule has 0 atom stereocenters. The van der Waals surface area contributed by atoms with Crippen LogP contribution in [0.2, 0.25) is 10.0 Å². The van der Waals surface area contributed by atoms with Crippen LogP contribution >= 0.6 is 23.2 Å². The van der Waals surface area contributed by atoms with Crippen LogP contribution in [0.5, 0.6) is 0 Å². The Kier molecular flexibility index (Phi) is 3.34. The van der Waals surface area contributed by atoms with E-state index in [2.05, 4.69) is 10.4 Å². The Bertz CT molecular complexity index is 798. The summed E-state index contributed by atoms with van der Waals surface area (Å²) in [5, 5.41) is 7.79. The van der Waals surface area contributed by atoms with Crippen molar-refractivity contribution in [2.45, 2.75) is 0 Å². The molecule has 6 heteroatoms. The number of aromatic nitrogens is 2. The maximum absolute atomic E-state index is 12.3. The quantitative estimate of drug-likeness (QED) is 0.780. The minimum atomic E-state index is -0.304. The van der Waals surface area contributed by atoms with Gasteiger partial charge >= 0.3 is 0 Å². The second-order valence-electron chi connectivity index (χ2n) is 4.14. The summed E-state index contributed by atoms with van der Waals surface area (Å²) in [4.78, 5) is 12.3. The molecular formula is C14H9Cl2N3O. The van der Waals surface area contributed by atoms with Gasteiger partial charge in [-0.3, -0.25) is 4.79 Å². The van der Waals surface area contributed by atoms with Crippen LogP contribution in [0.4, 0.5) is 5.69 Å². The van der Waals surface area contributed by atoms with E-state index in [1.54, 1.807) is 47.1 Å². The fourth-order valence-electron chi connectivity index (χ4n) is 1.92. The van der Waals surface area contributed by atoms with E-state index in [1.807, 2.05) is 0 Å².